The van der Waals surface area contributed by atoms with Gasteiger partial charge in [-0.1, -0.05) is 44.2 Å². The van der Waals surface area contributed by atoms with E-state index in [9.17, 15) is 9.59 Å². The van der Waals surface area contributed by atoms with E-state index in [1.165, 1.54) is 11.1 Å². The van der Waals surface area contributed by atoms with Crippen LogP contribution in [0.1, 0.15) is 103 Å². The van der Waals surface area contributed by atoms with Crippen LogP contribution in [0, 0.1) is 23.6 Å². The minimum Gasteiger partial charge on any atom is -0.436 e. The Morgan fingerprint density at radius 1 is 1.04 bits per heavy atom. The number of halogens is 1. The summed E-state index contributed by atoms with van der Waals surface area (Å²) >= 11 is 0. The van der Waals surface area contributed by atoms with Crippen LogP contribution < -0.4 is 5.73 Å². The Labute approximate surface area is 264 Å². The van der Waals surface area contributed by atoms with E-state index in [4.69, 9.17) is 15.1 Å². The highest BCUT2D eigenvalue weighted by Crippen LogP contribution is 2.45. The molecule has 2 heterocycles. The fraction of sp³-hybridized carbons (Fsp3) is 0.447. The summed E-state index contributed by atoms with van der Waals surface area (Å²) in [5.41, 5.74) is 12.2. The van der Waals surface area contributed by atoms with Gasteiger partial charge in [-0.15, -0.1) is 0 Å². The summed E-state index contributed by atoms with van der Waals surface area (Å²) in [5, 5.41) is 0. The van der Waals surface area contributed by atoms with Crippen molar-refractivity contribution >= 4 is 22.9 Å². The summed E-state index contributed by atoms with van der Waals surface area (Å²) in [6.07, 6.45) is 8.10. The lowest BCUT2D eigenvalue weighted by atomic mass is 9.88. The Morgan fingerprint density at radius 3 is 2.60 bits per heavy atom. The molecule has 234 valence electrons. The van der Waals surface area contributed by atoms with Gasteiger partial charge in [-0.05, 0) is 122 Å². The summed E-state index contributed by atoms with van der Waals surface area (Å²) in [4.78, 5) is 32.7. The summed E-state index contributed by atoms with van der Waals surface area (Å²) in [5.74, 6) is 0.761. The summed E-state index contributed by atoms with van der Waals surface area (Å²) < 4.78 is 21.8. The Balaban J connectivity index is 1.17. The summed E-state index contributed by atoms with van der Waals surface area (Å²) in [6, 6.07) is 17.6. The number of hydrogen-bond donors (Lipinski definition) is 1. The fourth-order valence-corrected chi connectivity index (χ4v) is 7.57. The second-order valence-corrected chi connectivity index (χ2v) is 13.9. The number of nitrogens with two attached hydrogens (primary N) is 1. The maximum atomic E-state index is 15.5. The number of fused-ring (bicyclic) bond motifs is 2. The minimum absolute atomic E-state index is 0.0148. The predicted molar refractivity (Wildman–Crippen MR) is 173 cm³/mol. The fourth-order valence-electron chi connectivity index (χ4n) is 7.57. The van der Waals surface area contributed by atoms with Crippen LogP contribution in [0.3, 0.4) is 0 Å². The van der Waals surface area contributed by atoms with Crippen LogP contribution in [-0.2, 0) is 17.6 Å². The van der Waals surface area contributed by atoms with E-state index in [-0.39, 0.29) is 35.5 Å². The molecule has 2 amide bonds. The molecule has 6 nitrogen and oxygen atoms in total. The number of aromatic nitrogens is 1. The molecule has 2 fully saturated rings. The van der Waals surface area contributed by atoms with Gasteiger partial charge in [0.1, 0.15) is 11.3 Å². The molecule has 3 aliphatic rings. The Morgan fingerprint density at radius 2 is 1.87 bits per heavy atom. The molecular weight excluding hydrogens is 565 g/mol. The molecule has 7 heteroatoms. The van der Waals surface area contributed by atoms with Crippen LogP contribution in [0.4, 0.5) is 4.39 Å². The van der Waals surface area contributed by atoms with E-state index >= 15 is 4.39 Å². The Kier molecular flexibility index (Phi) is 7.96. The molecule has 2 N–H and O–H groups in total. The quantitative estimate of drug-likeness (QED) is 0.208. The highest BCUT2D eigenvalue weighted by molar-refractivity contribution is 5.99. The van der Waals surface area contributed by atoms with Crippen molar-refractivity contribution in [2.24, 2.45) is 23.5 Å². The number of carbonyl (C=O) groups is 2. The largest absolute Gasteiger partial charge is 0.436 e. The van der Waals surface area contributed by atoms with Crippen molar-refractivity contribution < 1.29 is 18.4 Å². The van der Waals surface area contributed by atoms with Crippen molar-refractivity contribution in [2.75, 3.05) is 6.54 Å². The number of nitrogens with zero attached hydrogens (tertiary/aromatic N) is 2. The average molecular weight is 608 g/mol. The Bertz CT molecular complexity index is 1760. The zero-order valence-corrected chi connectivity index (χ0v) is 26.2. The molecule has 3 aromatic carbocycles. The number of rotatable bonds is 9. The molecule has 1 aliphatic heterocycles. The van der Waals surface area contributed by atoms with Crippen molar-refractivity contribution in [2.45, 2.75) is 83.6 Å². The normalized spacial score (nSPS) is 21.4. The molecule has 1 unspecified atom stereocenters. The van der Waals surface area contributed by atoms with Gasteiger partial charge in [0.25, 0.3) is 5.91 Å². The van der Waals surface area contributed by atoms with E-state index in [1.807, 2.05) is 23.1 Å². The number of carbonyl (C=O) groups excluding carboxylic acids is 2. The maximum absolute atomic E-state index is 15.5. The van der Waals surface area contributed by atoms with Gasteiger partial charge in [0.15, 0.2) is 5.58 Å². The van der Waals surface area contributed by atoms with E-state index < -0.39 is 0 Å². The monoisotopic (exact) mass is 607 g/mol. The van der Waals surface area contributed by atoms with Gasteiger partial charge < -0.3 is 15.1 Å². The highest BCUT2D eigenvalue weighted by Gasteiger charge is 2.34. The van der Waals surface area contributed by atoms with Crippen molar-refractivity contribution in [3.63, 3.8) is 0 Å². The first kappa shape index (κ1) is 29.7. The zero-order chi connectivity index (χ0) is 31.2. The van der Waals surface area contributed by atoms with Crippen molar-refractivity contribution in [1.82, 2.24) is 9.88 Å². The smallest absolute Gasteiger partial charge is 0.254 e. The van der Waals surface area contributed by atoms with E-state index in [2.05, 4.69) is 38.1 Å². The third-order valence-electron chi connectivity index (χ3n) is 10.2. The number of benzene rings is 3. The van der Waals surface area contributed by atoms with Crippen LogP contribution in [0.25, 0.3) is 22.6 Å². The molecule has 1 aromatic heterocycles. The van der Waals surface area contributed by atoms with Gasteiger partial charge in [-0.3, -0.25) is 9.59 Å². The second-order valence-electron chi connectivity index (χ2n) is 13.9. The molecule has 0 saturated heterocycles. The van der Waals surface area contributed by atoms with E-state index in [0.29, 0.717) is 47.4 Å². The maximum Gasteiger partial charge on any atom is 0.254 e. The van der Waals surface area contributed by atoms with Gasteiger partial charge in [-0.25, -0.2) is 9.37 Å². The third-order valence-corrected chi connectivity index (χ3v) is 10.2. The molecular formula is C38H42FN3O3. The first-order valence-electron chi connectivity index (χ1n) is 16.7. The zero-order valence-electron chi connectivity index (χ0n) is 26.2. The van der Waals surface area contributed by atoms with Crippen molar-refractivity contribution in [3.05, 3.63) is 88.2 Å². The lowest BCUT2D eigenvalue weighted by Crippen LogP contribution is -2.40. The van der Waals surface area contributed by atoms with Gasteiger partial charge in [0, 0.05) is 18.0 Å². The van der Waals surface area contributed by atoms with Gasteiger partial charge >= 0.3 is 0 Å². The van der Waals surface area contributed by atoms with Crippen LogP contribution in [0.15, 0.2) is 59.0 Å². The molecule has 4 aromatic rings. The number of hydrogen-bond acceptors (Lipinski definition) is 4. The summed E-state index contributed by atoms with van der Waals surface area (Å²) in [7, 11) is 0. The average Bonchev–Trinajstić information content (AvgIpc) is 3.61. The second kappa shape index (κ2) is 12.1. The van der Waals surface area contributed by atoms with Gasteiger partial charge in [0.05, 0.1) is 11.6 Å². The molecule has 2 aliphatic carbocycles. The SMILES string of the molecule is CC(C)CC[C@@H]1c2ccccc2CCN1C(=O)c1cc(C2CC2)c2nc(-c3ccc(CC4CC[C@H](C(N)=O)C4)cc3F)oc2c1. The first-order chi connectivity index (χ1) is 21.7. The van der Waals surface area contributed by atoms with E-state index in [1.54, 1.807) is 12.1 Å². The lowest BCUT2D eigenvalue weighted by Gasteiger charge is -2.38. The molecule has 45 heavy (non-hydrogen) atoms. The molecule has 3 atom stereocenters. The molecule has 2 saturated carbocycles. The third kappa shape index (κ3) is 6.01. The van der Waals surface area contributed by atoms with Crippen molar-refractivity contribution in [1.29, 1.82) is 0 Å². The standard InChI is InChI=1S/C38H42FN3O3/c1-22(2)7-14-33-29-6-4-3-5-25(29)15-16-42(33)38(44)28-20-31(26-11-12-26)35-34(21-28)45-37(41-35)30-13-9-24(19-32(30)39)17-23-8-10-27(18-23)36(40)43/h3-6,9,13,19-23,26-27,33H,7-8,10-12,14-18H2,1-2H3,(H2,40,43)/t23?,27-,33+/m0/s1. The molecule has 0 bridgehead atoms. The number of oxazole rings is 1. The predicted octanol–water partition coefficient (Wildman–Crippen LogP) is 8.13. The minimum atomic E-state index is -0.382. The van der Waals surface area contributed by atoms with Crippen LogP contribution in [0.2, 0.25) is 0 Å². The Hall–Kier alpha value is -4.00. The summed E-state index contributed by atoms with van der Waals surface area (Å²) in [6.45, 7) is 5.13. The van der Waals surface area contributed by atoms with Crippen LogP contribution in [0.5, 0.6) is 0 Å². The van der Waals surface area contributed by atoms with Crippen LogP contribution >= 0.6 is 0 Å². The first-order valence-corrected chi connectivity index (χ1v) is 16.7. The van der Waals surface area contributed by atoms with Crippen molar-refractivity contribution in [3.8, 4) is 11.5 Å². The van der Waals surface area contributed by atoms with E-state index in [0.717, 1.165) is 68.0 Å². The molecule has 0 spiro atoms. The highest BCUT2D eigenvalue weighted by atomic mass is 19.1. The van der Waals surface area contributed by atoms with Gasteiger partial charge in [-0.2, -0.15) is 0 Å². The molecule has 7 rings (SSSR count). The number of amides is 2. The molecule has 0 radical (unpaired) electrons. The van der Waals surface area contributed by atoms with Gasteiger partial charge in [0.2, 0.25) is 11.8 Å². The topological polar surface area (TPSA) is 89.4 Å². The van der Waals surface area contributed by atoms with Crippen LogP contribution in [-0.4, -0.2) is 28.2 Å². The lowest BCUT2D eigenvalue weighted by molar-refractivity contribution is -0.121. The number of primary amides is 1.